The van der Waals surface area contributed by atoms with Gasteiger partial charge in [-0.05, 0) is 77.0 Å². The molecule has 0 heterocycles. The van der Waals surface area contributed by atoms with Crippen LogP contribution in [0.5, 0.6) is 0 Å². The number of carbonyl (C=O) groups is 2. The second kappa shape index (κ2) is 75.1. The first kappa shape index (κ1) is 81.8. The topological polar surface area (TPSA) is 72.8 Å². The molecule has 0 bridgehead atoms. The second-order valence-electron chi connectivity index (χ2n) is 25.0. The molecule has 85 heavy (non-hydrogen) atoms. The molecule has 0 aromatic rings. The molecule has 0 aliphatic heterocycles. The number of aliphatic hydroxyl groups is 1. The summed E-state index contributed by atoms with van der Waals surface area (Å²) in [5.74, 6) is -0.575. The summed E-state index contributed by atoms with van der Waals surface area (Å²) in [6, 6.07) is 0. The molecule has 0 amide bonds. The first-order valence-corrected chi connectivity index (χ1v) is 37.3. The molecular formula is C80H142O5. The summed E-state index contributed by atoms with van der Waals surface area (Å²) < 4.78 is 10.8. The molecule has 5 heteroatoms. The van der Waals surface area contributed by atoms with Crippen LogP contribution in [0.25, 0.3) is 0 Å². The maximum absolute atomic E-state index is 12.4. The molecule has 5 nitrogen and oxygen atoms in total. The molecule has 0 aromatic carbocycles. The Balaban J connectivity index is 3.45. The zero-order chi connectivity index (χ0) is 61.2. The minimum Gasteiger partial charge on any atom is -0.462 e. The minimum absolute atomic E-state index is 0.0642. The van der Waals surface area contributed by atoms with Crippen molar-refractivity contribution in [2.45, 2.75) is 386 Å². The van der Waals surface area contributed by atoms with Crippen molar-refractivity contribution < 1.29 is 24.2 Å². The maximum atomic E-state index is 12.4. The molecule has 1 unspecified atom stereocenters. The SMILES string of the molecule is CC/C=C\C/C=C\C/C=C\C/C=C\C/C=C\C/C=C\C/C=C\C/C=C\CCCCCCCCCCCCCCCCC(=O)OC(CO)COC(=O)CCCCCCCCCCCCCCCCCCCCCCCCCCCCCCCCCC. The van der Waals surface area contributed by atoms with Gasteiger partial charge in [0.2, 0.25) is 0 Å². The Bertz CT molecular complexity index is 1580. The van der Waals surface area contributed by atoms with Crippen molar-refractivity contribution in [1.82, 2.24) is 0 Å². The molecule has 492 valence electrons. The number of ether oxygens (including phenoxy) is 2. The summed E-state index contributed by atoms with van der Waals surface area (Å²) in [6.45, 7) is 4.08. The standard InChI is InChI=1S/C80H142O5/c1-3-5-7-9-11-13-15-17-19-21-23-25-27-29-31-33-35-37-38-39-40-41-42-43-45-47-49-51-53-55-57-59-61-63-65-67-69-71-73-75-80(83)85-78(76-81)77-84-79(82)74-72-70-68-66-64-62-60-58-56-54-52-50-48-46-44-36-34-32-30-28-26-24-22-20-18-16-14-12-10-8-6-4-2/h5,7,11,13,17,19,23,25,29,31,35,37,39-40,42-43,78,81H,3-4,6,8-10,12,14-16,18,20-22,24,26-28,30,32-34,36,38,41,44-77H2,1-2H3/b7-5-,13-11-,19-17-,25-23-,31-29-,37-35-,40-39-,43-42-. The van der Waals surface area contributed by atoms with Gasteiger partial charge < -0.3 is 14.6 Å². The van der Waals surface area contributed by atoms with Gasteiger partial charge in [0, 0.05) is 12.8 Å². The molecule has 0 fully saturated rings. The molecule has 1 atom stereocenters. The molecule has 0 saturated heterocycles. The van der Waals surface area contributed by atoms with Crippen LogP contribution in [0, 0.1) is 0 Å². The van der Waals surface area contributed by atoms with Crippen LogP contribution in [0.4, 0.5) is 0 Å². The van der Waals surface area contributed by atoms with Gasteiger partial charge in [0.15, 0.2) is 6.10 Å². The van der Waals surface area contributed by atoms with E-state index in [2.05, 4.69) is 111 Å². The number of rotatable bonds is 69. The molecule has 0 aromatic heterocycles. The highest BCUT2D eigenvalue weighted by Crippen LogP contribution is 2.19. The van der Waals surface area contributed by atoms with Crippen LogP contribution in [0.1, 0.15) is 380 Å². The van der Waals surface area contributed by atoms with Crippen molar-refractivity contribution in [2.75, 3.05) is 13.2 Å². The Morgan fingerprint density at radius 3 is 0.765 bits per heavy atom. The average Bonchev–Trinajstić information content (AvgIpc) is 3.51. The monoisotopic (exact) mass is 1180 g/mol. The number of hydrogen-bond donors (Lipinski definition) is 1. The highest BCUT2D eigenvalue weighted by Gasteiger charge is 2.16. The van der Waals surface area contributed by atoms with E-state index in [0.717, 1.165) is 89.9 Å². The van der Waals surface area contributed by atoms with E-state index >= 15 is 0 Å². The first-order chi connectivity index (χ1) is 42.1. The second-order valence-corrected chi connectivity index (χ2v) is 25.0. The van der Waals surface area contributed by atoms with E-state index in [-0.39, 0.29) is 25.2 Å². The highest BCUT2D eigenvalue weighted by atomic mass is 16.6. The average molecular weight is 1180 g/mol. The maximum Gasteiger partial charge on any atom is 0.306 e. The predicted molar refractivity (Wildman–Crippen MR) is 376 cm³/mol. The van der Waals surface area contributed by atoms with Crippen LogP contribution in [-0.4, -0.2) is 36.4 Å². The van der Waals surface area contributed by atoms with Crippen molar-refractivity contribution in [3.05, 3.63) is 97.2 Å². The van der Waals surface area contributed by atoms with E-state index in [1.54, 1.807) is 0 Å². The van der Waals surface area contributed by atoms with Gasteiger partial charge in [-0.15, -0.1) is 0 Å². The van der Waals surface area contributed by atoms with E-state index in [1.165, 1.54) is 263 Å². The predicted octanol–water partition coefficient (Wildman–Crippen LogP) is 26.2. The molecule has 0 rings (SSSR count). The quantitative estimate of drug-likeness (QED) is 0.0373. The molecule has 0 aliphatic rings. The molecule has 0 radical (unpaired) electrons. The van der Waals surface area contributed by atoms with Gasteiger partial charge in [-0.2, -0.15) is 0 Å². The van der Waals surface area contributed by atoms with Gasteiger partial charge in [0.25, 0.3) is 0 Å². The van der Waals surface area contributed by atoms with Crippen LogP contribution in [0.3, 0.4) is 0 Å². The number of carbonyl (C=O) groups excluding carboxylic acids is 2. The Morgan fingerprint density at radius 1 is 0.282 bits per heavy atom. The summed E-state index contributed by atoms with van der Waals surface area (Å²) in [4.78, 5) is 24.7. The van der Waals surface area contributed by atoms with Crippen molar-refractivity contribution in [2.24, 2.45) is 0 Å². The van der Waals surface area contributed by atoms with Crippen LogP contribution in [-0.2, 0) is 19.1 Å². The zero-order valence-corrected chi connectivity index (χ0v) is 56.6. The Kier molecular flexibility index (Phi) is 72.3. The summed E-state index contributed by atoms with van der Waals surface area (Å²) in [7, 11) is 0. The van der Waals surface area contributed by atoms with Gasteiger partial charge >= 0.3 is 11.9 Å². The number of esters is 2. The van der Waals surface area contributed by atoms with Crippen molar-refractivity contribution in [3.8, 4) is 0 Å². The lowest BCUT2D eigenvalue weighted by atomic mass is 10.0. The number of aliphatic hydroxyl groups excluding tert-OH is 1. The van der Waals surface area contributed by atoms with E-state index < -0.39 is 6.10 Å². The van der Waals surface area contributed by atoms with Crippen LogP contribution in [0.15, 0.2) is 97.2 Å². The summed E-state index contributed by atoms with van der Waals surface area (Å²) in [5.41, 5.74) is 0. The summed E-state index contributed by atoms with van der Waals surface area (Å²) in [5, 5.41) is 9.72. The van der Waals surface area contributed by atoms with Gasteiger partial charge in [-0.25, -0.2) is 0 Å². The molecule has 1 N–H and O–H groups in total. The number of allylic oxidation sites excluding steroid dienone is 16. The third-order valence-corrected chi connectivity index (χ3v) is 16.6. The fourth-order valence-corrected chi connectivity index (χ4v) is 11.1. The normalized spacial score (nSPS) is 12.7. The Labute approximate surface area is 529 Å². The Hall–Kier alpha value is -3.18. The summed E-state index contributed by atoms with van der Waals surface area (Å²) in [6.07, 6.45) is 107. The molecular weight excluding hydrogens is 1040 g/mol. The lowest BCUT2D eigenvalue weighted by Crippen LogP contribution is -2.28. The zero-order valence-electron chi connectivity index (χ0n) is 56.6. The van der Waals surface area contributed by atoms with Crippen molar-refractivity contribution >= 4 is 11.9 Å². The molecule has 0 saturated carbocycles. The van der Waals surface area contributed by atoms with Crippen LogP contribution < -0.4 is 0 Å². The smallest absolute Gasteiger partial charge is 0.306 e. The number of hydrogen-bond acceptors (Lipinski definition) is 5. The van der Waals surface area contributed by atoms with E-state index in [4.69, 9.17) is 9.47 Å². The van der Waals surface area contributed by atoms with Crippen molar-refractivity contribution in [1.29, 1.82) is 0 Å². The van der Waals surface area contributed by atoms with Crippen LogP contribution in [0.2, 0.25) is 0 Å². The lowest BCUT2D eigenvalue weighted by Gasteiger charge is -2.15. The van der Waals surface area contributed by atoms with Crippen LogP contribution >= 0.6 is 0 Å². The van der Waals surface area contributed by atoms with E-state index in [9.17, 15) is 14.7 Å². The lowest BCUT2D eigenvalue weighted by molar-refractivity contribution is -0.161. The van der Waals surface area contributed by atoms with Gasteiger partial charge in [0.05, 0.1) is 6.61 Å². The fourth-order valence-electron chi connectivity index (χ4n) is 11.1. The van der Waals surface area contributed by atoms with Gasteiger partial charge in [-0.1, -0.05) is 387 Å². The van der Waals surface area contributed by atoms with Crippen molar-refractivity contribution in [3.63, 3.8) is 0 Å². The minimum atomic E-state index is -0.776. The van der Waals surface area contributed by atoms with E-state index in [1.807, 2.05) is 0 Å². The third-order valence-electron chi connectivity index (χ3n) is 16.6. The number of unbranched alkanes of at least 4 members (excludes halogenated alkanes) is 45. The largest absolute Gasteiger partial charge is 0.462 e. The Morgan fingerprint density at radius 2 is 0.506 bits per heavy atom. The fraction of sp³-hybridized carbons (Fsp3) is 0.775. The van der Waals surface area contributed by atoms with Gasteiger partial charge in [0.1, 0.15) is 6.61 Å². The highest BCUT2D eigenvalue weighted by molar-refractivity contribution is 5.70. The molecule has 0 spiro atoms. The molecule has 0 aliphatic carbocycles. The first-order valence-electron chi connectivity index (χ1n) is 37.3. The van der Waals surface area contributed by atoms with E-state index in [0.29, 0.717) is 12.8 Å². The van der Waals surface area contributed by atoms with Gasteiger partial charge in [-0.3, -0.25) is 9.59 Å². The third kappa shape index (κ3) is 73.2. The summed E-state index contributed by atoms with van der Waals surface area (Å²) >= 11 is 0.